The standard InChI is InChI=1S/C27H28FN5O2/c1-17(2)35-24-10-6-20(7-11-24)21-12-25-26(29-16-30-33(25)15-21)32-13-22(14-32)27(34)31-18(3)19-4-8-23(28)9-5-19/h4-12,15-18,22H,13-14H2,1-3H3,(H,31,34)/t18-/m0/s1. The fourth-order valence-electron chi connectivity index (χ4n) is 4.30. The van der Waals surface area contributed by atoms with Crippen molar-refractivity contribution >= 4 is 17.2 Å². The van der Waals surface area contributed by atoms with E-state index < -0.39 is 0 Å². The van der Waals surface area contributed by atoms with E-state index in [0.717, 1.165) is 33.8 Å². The number of fused-ring (bicyclic) bond motifs is 1. The summed E-state index contributed by atoms with van der Waals surface area (Å²) in [7, 11) is 0. The van der Waals surface area contributed by atoms with Crippen LogP contribution in [0.5, 0.6) is 5.75 Å². The Labute approximate surface area is 203 Å². The molecule has 4 aromatic rings. The highest BCUT2D eigenvalue weighted by molar-refractivity contribution is 5.84. The quantitative estimate of drug-likeness (QED) is 0.424. The van der Waals surface area contributed by atoms with E-state index in [0.29, 0.717) is 13.1 Å². The second-order valence-electron chi connectivity index (χ2n) is 9.22. The lowest BCUT2D eigenvalue weighted by atomic mass is 9.98. The van der Waals surface area contributed by atoms with Crippen molar-refractivity contribution in [3.8, 4) is 16.9 Å². The molecule has 1 aliphatic heterocycles. The number of carbonyl (C=O) groups excluding carboxylic acids is 1. The molecule has 0 radical (unpaired) electrons. The summed E-state index contributed by atoms with van der Waals surface area (Å²) < 4.78 is 20.7. The van der Waals surface area contributed by atoms with Crippen LogP contribution in [0.15, 0.2) is 67.1 Å². The molecule has 2 aromatic heterocycles. The van der Waals surface area contributed by atoms with Crippen molar-refractivity contribution < 1.29 is 13.9 Å². The molecule has 0 spiro atoms. The fraction of sp³-hybridized carbons (Fsp3) is 0.296. The molecule has 0 bridgehead atoms. The van der Waals surface area contributed by atoms with E-state index >= 15 is 0 Å². The van der Waals surface area contributed by atoms with Crippen molar-refractivity contribution in [3.63, 3.8) is 0 Å². The van der Waals surface area contributed by atoms with Gasteiger partial charge in [0, 0.05) is 24.8 Å². The number of anilines is 1. The van der Waals surface area contributed by atoms with Gasteiger partial charge in [-0.15, -0.1) is 0 Å². The maximum Gasteiger partial charge on any atom is 0.227 e. The van der Waals surface area contributed by atoms with Gasteiger partial charge in [0.15, 0.2) is 5.82 Å². The third-order valence-electron chi connectivity index (χ3n) is 6.23. The zero-order valence-corrected chi connectivity index (χ0v) is 20.0. The van der Waals surface area contributed by atoms with Crippen LogP contribution in [0.4, 0.5) is 10.2 Å². The number of halogens is 1. The molecule has 0 saturated carbocycles. The van der Waals surface area contributed by atoms with Crippen molar-refractivity contribution in [2.45, 2.75) is 32.9 Å². The number of hydrogen-bond donors (Lipinski definition) is 1. The third-order valence-corrected chi connectivity index (χ3v) is 6.23. The van der Waals surface area contributed by atoms with Gasteiger partial charge >= 0.3 is 0 Å². The van der Waals surface area contributed by atoms with Gasteiger partial charge < -0.3 is 15.0 Å². The molecule has 35 heavy (non-hydrogen) atoms. The predicted molar refractivity (Wildman–Crippen MR) is 133 cm³/mol. The molecule has 1 saturated heterocycles. The summed E-state index contributed by atoms with van der Waals surface area (Å²) in [6.45, 7) is 7.07. The first-order valence-electron chi connectivity index (χ1n) is 11.8. The first-order chi connectivity index (χ1) is 16.9. The lowest BCUT2D eigenvalue weighted by Gasteiger charge is -2.39. The van der Waals surface area contributed by atoms with E-state index in [2.05, 4.69) is 26.4 Å². The largest absolute Gasteiger partial charge is 0.491 e. The van der Waals surface area contributed by atoms with Gasteiger partial charge in [-0.05, 0) is 62.2 Å². The second kappa shape index (κ2) is 9.37. The lowest BCUT2D eigenvalue weighted by Crippen LogP contribution is -2.54. The molecular formula is C27H28FN5O2. The maximum atomic E-state index is 13.2. The molecule has 3 heterocycles. The van der Waals surface area contributed by atoms with Crippen molar-refractivity contribution in [2.75, 3.05) is 18.0 Å². The summed E-state index contributed by atoms with van der Waals surface area (Å²) >= 11 is 0. The molecule has 1 amide bonds. The van der Waals surface area contributed by atoms with Crippen molar-refractivity contribution in [1.29, 1.82) is 0 Å². The van der Waals surface area contributed by atoms with Crippen LogP contribution < -0.4 is 15.0 Å². The van der Waals surface area contributed by atoms with Crippen LogP contribution in [0.2, 0.25) is 0 Å². The van der Waals surface area contributed by atoms with Crippen molar-refractivity contribution in [3.05, 3.63) is 78.5 Å². The van der Waals surface area contributed by atoms with Crippen LogP contribution in [0.1, 0.15) is 32.4 Å². The van der Waals surface area contributed by atoms with Gasteiger partial charge in [0.25, 0.3) is 0 Å². The van der Waals surface area contributed by atoms with E-state index in [1.54, 1.807) is 12.1 Å². The molecule has 5 rings (SSSR count). The molecule has 7 nitrogen and oxygen atoms in total. The van der Waals surface area contributed by atoms with Crippen molar-refractivity contribution in [1.82, 2.24) is 19.9 Å². The molecule has 1 N–H and O–H groups in total. The molecule has 1 fully saturated rings. The van der Waals surface area contributed by atoms with Gasteiger partial charge in [0.2, 0.25) is 5.91 Å². The zero-order valence-electron chi connectivity index (χ0n) is 20.0. The monoisotopic (exact) mass is 473 g/mol. The van der Waals surface area contributed by atoms with E-state index in [1.165, 1.54) is 18.5 Å². The Morgan fingerprint density at radius 1 is 1.06 bits per heavy atom. The number of ether oxygens (including phenoxy) is 1. The third kappa shape index (κ3) is 4.82. The number of amides is 1. The van der Waals surface area contributed by atoms with Gasteiger partial charge in [0.1, 0.15) is 23.4 Å². The molecule has 8 heteroatoms. The Bertz CT molecular complexity index is 1330. The predicted octanol–water partition coefficient (Wildman–Crippen LogP) is 4.64. The second-order valence-corrected chi connectivity index (χ2v) is 9.22. The minimum Gasteiger partial charge on any atom is -0.491 e. The summed E-state index contributed by atoms with van der Waals surface area (Å²) in [5.74, 6) is 1.22. The number of carbonyl (C=O) groups is 1. The smallest absolute Gasteiger partial charge is 0.227 e. The molecule has 0 aliphatic carbocycles. The summed E-state index contributed by atoms with van der Waals surface area (Å²) in [5, 5.41) is 7.40. The highest BCUT2D eigenvalue weighted by atomic mass is 19.1. The van der Waals surface area contributed by atoms with E-state index in [9.17, 15) is 9.18 Å². The van der Waals surface area contributed by atoms with Gasteiger partial charge in [-0.1, -0.05) is 24.3 Å². The molecule has 1 aliphatic rings. The Balaban J connectivity index is 1.26. The van der Waals surface area contributed by atoms with Gasteiger partial charge in [-0.25, -0.2) is 13.9 Å². The number of hydrogen-bond acceptors (Lipinski definition) is 5. The van der Waals surface area contributed by atoms with Gasteiger partial charge in [0.05, 0.1) is 18.1 Å². The number of nitrogens with zero attached hydrogens (tertiary/aromatic N) is 4. The van der Waals surface area contributed by atoms with E-state index in [-0.39, 0.29) is 29.8 Å². The van der Waals surface area contributed by atoms with Crippen LogP contribution >= 0.6 is 0 Å². The molecule has 2 aromatic carbocycles. The topological polar surface area (TPSA) is 71.8 Å². The minimum atomic E-state index is -0.288. The average molecular weight is 474 g/mol. The zero-order chi connectivity index (χ0) is 24.5. The Morgan fingerprint density at radius 3 is 2.46 bits per heavy atom. The number of rotatable bonds is 7. The minimum absolute atomic E-state index is 0.0112. The molecule has 0 unspecified atom stereocenters. The van der Waals surface area contributed by atoms with Crippen LogP contribution in [0.25, 0.3) is 16.6 Å². The SMILES string of the molecule is CC(C)Oc1ccc(-c2cc3c(N4CC(C(=O)N[C@@H](C)c5ccc(F)cc5)C4)ncnn3c2)cc1. The fourth-order valence-corrected chi connectivity index (χ4v) is 4.30. The number of benzene rings is 2. The molecular weight excluding hydrogens is 445 g/mol. The Hall–Kier alpha value is -3.94. The molecule has 180 valence electrons. The summed E-state index contributed by atoms with van der Waals surface area (Å²) in [5.41, 5.74) is 3.86. The lowest BCUT2D eigenvalue weighted by molar-refractivity contribution is -0.126. The maximum absolute atomic E-state index is 13.2. The van der Waals surface area contributed by atoms with Crippen LogP contribution in [0.3, 0.4) is 0 Å². The van der Waals surface area contributed by atoms with Gasteiger partial charge in [-0.2, -0.15) is 5.10 Å². The van der Waals surface area contributed by atoms with E-state index in [1.807, 2.05) is 55.7 Å². The number of nitrogens with one attached hydrogen (secondary N) is 1. The number of aromatic nitrogens is 3. The van der Waals surface area contributed by atoms with Crippen LogP contribution in [0, 0.1) is 11.7 Å². The van der Waals surface area contributed by atoms with Crippen molar-refractivity contribution in [2.24, 2.45) is 5.92 Å². The Morgan fingerprint density at radius 2 is 1.77 bits per heavy atom. The average Bonchev–Trinajstić information content (AvgIpc) is 3.24. The first-order valence-corrected chi connectivity index (χ1v) is 11.8. The molecule has 1 atom stereocenters. The highest BCUT2D eigenvalue weighted by Crippen LogP contribution is 2.31. The van der Waals surface area contributed by atoms with Crippen LogP contribution in [-0.4, -0.2) is 39.7 Å². The summed E-state index contributed by atoms with van der Waals surface area (Å²) in [4.78, 5) is 19.3. The van der Waals surface area contributed by atoms with Crippen LogP contribution in [-0.2, 0) is 4.79 Å². The van der Waals surface area contributed by atoms with E-state index in [4.69, 9.17) is 4.74 Å². The highest BCUT2D eigenvalue weighted by Gasteiger charge is 2.35. The summed E-state index contributed by atoms with van der Waals surface area (Å²) in [6.07, 6.45) is 3.65. The first kappa shape index (κ1) is 22.8. The van der Waals surface area contributed by atoms with Gasteiger partial charge in [-0.3, -0.25) is 4.79 Å². The normalized spacial score (nSPS) is 14.7. The summed E-state index contributed by atoms with van der Waals surface area (Å²) in [6, 6.07) is 16.1. The Kier molecular flexibility index (Phi) is 6.11.